The Morgan fingerprint density at radius 1 is 1.61 bits per heavy atom. The van der Waals surface area contributed by atoms with Crippen molar-refractivity contribution in [1.82, 2.24) is 4.90 Å². The van der Waals surface area contributed by atoms with E-state index in [0.29, 0.717) is 17.8 Å². The van der Waals surface area contributed by atoms with Gasteiger partial charge in [-0.2, -0.15) is 0 Å². The third kappa shape index (κ3) is 2.78. The number of rotatable bonds is 3. The van der Waals surface area contributed by atoms with E-state index in [-0.39, 0.29) is 23.5 Å². The summed E-state index contributed by atoms with van der Waals surface area (Å²) in [6.07, 6.45) is 0.547. The second-order valence-corrected chi connectivity index (χ2v) is 8.24. The summed E-state index contributed by atoms with van der Waals surface area (Å²) in [6, 6.07) is 1.65. The van der Waals surface area contributed by atoms with Crippen molar-refractivity contribution >= 4 is 43.0 Å². The number of sulfone groups is 1. The van der Waals surface area contributed by atoms with Crippen LogP contribution in [-0.2, 0) is 9.84 Å². The lowest BCUT2D eigenvalue weighted by Crippen LogP contribution is -2.40. The molecule has 4 nitrogen and oxygen atoms in total. The highest BCUT2D eigenvalue weighted by atomic mass is 79.9. The largest absolute Gasteiger partial charge is 0.334 e. The molecule has 1 amide bonds. The van der Waals surface area contributed by atoms with E-state index in [1.807, 2.05) is 18.4 Å². The molecule has 0 aliphatic carbocycles. The van der Waals surface area contributed by atoms with Crippen LogP contribution in [0.4, 0.5) is 0 Å². The third-order valence-corrected chi connectivity index (χ3v) is 6.64. The summed E-state index contributed by atoms with van der Waals surface area (Å²) >= 11 is 4.71. The standard InChI is InChI=1S/C11H14BrNO3S2/c1-2-13(8-4-6-18(15,16)7-8)11(14)10-9(12)3-5-17-10/h3,5,8H,2,4,6-7H2,1H3. The van der Waals surface area contributed by atoms with Crippen LogP contribution in [0, 0.1) is 0 Å². The number of hydrogen-bond donors (Lipinski definition) is 0. The van der Waals surface area contributed by atoms with E-state index in [1.165, 1.54) is 11.3 Å². The minimum Gasteiger partial charge on any atom is -0.334 e. The number of hydrogen-bond acceptors (Lipinski definition) is 4. The average Bonchev–Trinajstić information content (AvgIpc) is 2.86. The lowest BCUT2D eigenvalue weighted by molar-refractivity contribution is 0.0712. The lowest BCUT2D eigenvalue weighted by atomic mass is 10.2. The van der Waals surface area contributed by atoms with E-state index < -0.39 is 9.84 Å². The maximum absolute atomic E-state index is 12.4. The maximum atomic E-state index is 12.4. The molecule has 1 unspecified atom stereocenters. The number of carbonyl (C=O) groups excluding carboxylic acids is 1. The monoisotopic (exact) mass is 351 g/mol. The molecule has 0 aromatic carbocycles. The smallest absolute Gasteiger partial charge is 0.265 e. The predicted molar refractivity (Wildman–Crippen MR) is 75.8 cm³/mol. The molecule has 0 bridgehead atoms. The number of carbonyl (C=O) groups is 1. The quantitative estimate of drug-likeness (QED) is 0.838. The fourth-order valence-electron chi connectivity index (χ4n) is 2.17. The molecule has 100 valence electrons. The molecule has 1 atom stereocenters. The van der Waals surface area contributed by atoms with E-state index >= 15 is 0 Å². The molecule has 1 saturated heterocycles. The van der Waals surface area contributed by atoms with Crippen molar-refractivity contribution < 1.29 is 13.2 Å². The SMILES string of the molecule is CCN(C(=O)c1sccc1Br)C1CCS(=O)(=O)C1. The van der Waals surface area contributed by atoms with E-state index in [4.69, 9.17) is 0 Å². The number of thiophene rings is 1. The van der Waals surface area contributed by atoms with E-state index in [2.05, 4.69) is 15.9 Å². The van der Waals surface area contributed by atoms with Gasteiger partial charge in [0.15, 0.2) is 9.84 Å². The normalized spacial score (nSPS) is 22.0. The Balaban J connectivity index is 2.20. The van der Waals surface area contributed by atoms with Crippen LogP contribution in [0.1, 0.15) is 23.0 Å². The molecule has 0 saturated carbocycles. The minimum absolute atomic E-state index is 0.0820. The lowest BCUT2D eigenvalue weighted by Gasteiger charge is -2.26. The molecule has 2 heterocycles. The highest BCUT2D eigenvalue weighted by molar-refractivity contribution is 9.10. The Bertz CT molecular complexity index is 552. The predicted octanol–water partition coefficient (Wildman–Crippen LogP) is 2.16. The zero-order valence-corrected chi connectivity index (χ0v) is 13.1. The first-order chi connectivity index (χ1) is 8.44. The molecule has 0 N–H and O–H groups in total. The van der Waals surface area contributed by atoms with Gasteiger partial charge in [0.1, 0.15) is 4.88 Å². The van der Waals surface area contributed by atoms with Crippen LogP contribution in [0.2, 0.25) is 0 Å². The fourth-order valence-corrected chi connectivity index (χ4v) is 5.39. The zero-order chi connectivity index (χ0) is 13.3. The van der Waals surface area contributed by atoms with Gasteiger partial charge in [0, 0.05) is 17.1 Å². The Morgan fingerprint density at radius 3 is 2.78 bits per heavy atom. The second kappa shape index (κ2) is 5.30. The van der Waals surface area contributed by atoms with Crippen LogP contribution >= 0.6 is 27.3 Å². The Kier molecular flexibility index (Phi) is 4.13. The van der Waals surface area contributed by atoms with Gasteiger partial charge in [-0.3, -0.25) is 4.79 Å². The minimum atomic E-state index is -2.97. The summed E-state index contributed by atoms with van der Waals surface area (Å²) < 4.78 is 23.8. The van der Waals surface area contributed by atoms with Gasteiger partial charge in [0.05, 0.1) is 11.5 Å². The summed E-state index contributed by atoms with van der Waals surface area (Å²) in [5, 5.41) is 1.84. The highest BCUT2D eigenvalue weighted by Gasteiger charge is 2.34. The van der Waals surface area contributed by atoms with Crippen LogP contribution in [-0.4, -0.2) is 43.3 Å². The summed E-state index contributed by atoms with van der Waals surface area (Å²) in [5.41, 5.74) is 0. The molecule has 1 aromatic rings. The van der Waals surface area contributed by atoms with Crippen LogP contribution in [0.5, 0.6) is 0 Å². The number of nitrogens with zero attached hydrogens (tertiary/aromatic N) is 1. The molecule has 7 heteroatoms. The topological polar surface area (TPSA) is 54.5 Å². The van der Waals surface area contributed by atoms with Crippen molar-refractivity contribution in [2.24, 2.45) is 0 Å². The first-order valence-corrected chi connectivity index (χ1v) is 9.18. The molecular formula is C11H14BrNO3S2. The fraction of sp³-hybridized carbons (Fsp3) is 0.545. The Morgan fingerprint density at radius 2 is 2.33 bits per heavy atom. The summed E-state index contributed by atoms with van der Waals surface area (Å²) in [5.74, 6) is 0.198. The van der Waals surface area contributed by atoms with Crippen molar-refractivity contribution in [3.8, 4) is 0 Å². The molecule has 1 aliphatic heterocycles. The molecule has 1 fully saturated rings. The summed E-state index contributed by atoms with van der Waals surface area (Å²) in [7, 11) is -2.97. The molecule has 2 rings (SSSR count). The van der Waals surface area contributed by atoms with E-state index in [9.17, 15) is 13.2 Å². The van der Waals surface area contributed by atoms with E-state index in [0.717, 1.165) is 4.47 Å². The first kappa shape index (κ1) is 14.0. The second-order valence-electron chi connectivity index (χ2n) is 4.25. The molecule has 0 spiro atoms. The Labute approximate surface area is 119 Å². The van der Waals surface area contributed by atoms with Crippen molar-refractivity contribution in [2.45, 2.75) is 19.4 Å². The zero-order valence-electron chi connectivity index (χ0n) is 9.93. The third-order valence-electron chi connectivity index (χ3n) is 3.06. The van der Waals surface area contributed by atoms with Gasteiger partial charge in [0.2, 0.25) is 0 Å². The molecule has 18 heavy (non-hydrogen) atoms. The van der Waals surface area contributed by atoms with Crippen LogP contribution in [0.25, 0.3) is 0 Å². The van der Waals surface area contributed by atoms with Crippen LogP contribution < -0.4 is 0 Å². The van der Waals surface area contributed by atoms with Gasteiger partial charge in [-0.25, -0.2) is 8.42 Å². The Hall–Kier alpha value is -0.400. The number of amides is 1. The molecular weight excluding hydrogens is 338 g/mol. The maximum Gasteiger partial charge on any atom is 0.265 e. The highest BCUT2D eigenvalue weighted by Crippen LogP contribution is 2.27. The van der Waals surface area contributed by atoms with Gasteiger partial charge in [-0.1, -0.05) is 0 Å². The van der Waals surface area contributed by atoms with Crippen LogP contribution in [0.15, 0.2) is 15.9 Å². The van der Waals surface area contributed by atoms with Gasteiger partial charge in [0.25, 0.3) is 5.91 Å². The molecule has 1 aliphatic rings. The average molecular weight is 352 g/mol. The van der Waals surface area contributed by atoms with Gasteiger partial charge in [-0.15, -0.1) is 11.3 Å². The number of halogens is 1. The molecule has 1 aromatic heterocycles. The first-order valence-electron chi connectivity index (χ1n) is 5.69. The van der Waals surface area contributed by atoms with Crippen molar-refractivity contribution in [3.63, 3.8) is 0 Å². The van der Waals surface area contributed by atoms with Gasteiger partial charge >= 0.3 is 0 Å². The van der Waals surface area contributed by atoms with Gasteiger partial charge in [-0.05, 0) is 40.7 Å². The molecule has 0 radical (unpaired) electrons. The summed E-state index contributed by atoms with van der Waals surface area (Å²) in [4.78, 5) is 14.7. The van der Waals surface area contributed by atoms with Crippen molar-refractivity contribution in [2.75, 3.05) is 18.1 Å². The van der Waals surface area contributed by atoms with Gasteiger partial charge < -0.3 is 4.90 Å². The van der Waals surface area contributed by atoms with Crippen molar-refractivity contribution in [1.29, 1.82) is 0 Å². The van der Waals surface area contributed by atoms with E-state index in [1.54, 1.807) is 4.90 Å². The van der Waals surface area contributed by atoms with Crippen LogP contribution in [0.3, 0.4) is 0 Å². The van der Waals surface area contributed by atoms with Crippen molar-refractivity contribution in [3.05, 3.63) is 20.8 Å². The summed E-state index contributed by atoms with van der Waals surface area (Å²) in [6.45, 7) is 2.41.